The van der Waals surface area contributed by atoms with E-state index in [1.54, 1.807) is 19.1 Å². The van der Waals surface area contributed by atoms with Gasteiger partial charge in [0.2, 0.25) is 0 Å². The molecule has 0 bridgehead atoms. The molecule has 0 N–H and O–H groups in total. The molecule has 7 rings (SSSR count). The first kappa shape index (κ1) is 29.6. The van der Waals surface area contributed by atoms with Gasteiger partial charge in [-0.25, -0.2) is 9.37 Å². The van der Waals surface area contributed by atoms with Crippen LogP contribution >= 0.6 is 11.6 Å². The molecule has 1 saturated carbocycles. The lowest BCUT2D eigenvalue weighted by Crippen LogP contribution is -2.36. The molecule has 234 valence electrons. The average molecular weight is 624 g/mol. The lowest BCUT2D eigenvalue weighted by molar-refractivity contribution is -0.144. The molecule has 0 amide bonds. The summed E-state index contributed by atoms with van der Waals surface area (Å²) in [6, 6.07) is 10.5. The van der Waals surface area contributed by atoms with E-state index < -0.39 is 11.6 Å². The Morgan fingerprint density at radius 1 is 1.18 bits per heavy atom. The fraction of sp³-hybridized carbons (Fsp3) is 0.529. The lowest BCUT2D eigenvalue weighted by Gasteiger charge is -2.33. The number of nitrogens with zero attached hydrogens (tertiary/aromatic N) is 3. The number of aryl methyl sites for hydroxylation is 1. The quantitative estimate of drug-likeness (QED) is 0.253. The molecule has 4 unspecified atom stereocenters. The SMILES string of the molecule is CCOC(=O)C1CC1c1c(C)nc(CN2CCC(c3cccc4c3OC(C)(c3ccc(Cl)cc3F)O4)CC2)n1CC1CCO1. The summed E-state index contributed by atoms with van der Waals surface area (Å²) in [6.07, 6.45) is 3.97. The highest BCUT2D eigenvalue weighted by atomic mass is 35.5. The van der Waals surface area contributed by atoms with Gasteiger partial charge in [0, 0.05) is 35.7 Å². The summed E-state index contributed by atoms with van der Waals surface area (Å²) in [5, 5.41) is 0.330. The van der Waals surface area contributed by atoms with E-state index in [1.807, 2.05) is 19.1 Å². The van der Waals surface area contributed by atoms with Crippen molar-refractivity contribution in [2.75, 3.05) is 26.3 Å². The zero-order valence-electron chi connectivity index (χ0n) is 25.5. The number of ether oxygens (including phenoxy) is 4. The first-order valence-electron chi connectivity index (χ1n) is 15.8. The fourth-order valence-electron chi connectivity index (χ4n) is 7.12. The Morgan fingerprint density at radius 3 is 2.68 bits per heavy atom. The van der Waals surface area contributed by atoms with Gasteiger partial charge in [0.05, 0.1) is 43.0 Å². The van der Waals surface area contributed by atoms with E-state index in [0.717, 1.165) is 75.6 Å². The number of likely N-dealkylation sites (tertiary alicyclic amines) is 1. The molecule has 4 aliphatic rings. The topological polar surface area (TPSA) is 75.0 Å². The van der Waals surface area contributed by atoms with E-state index >= 15 is 0 Å². The van der Waals surface area contributed by atoms with Gasteiger partial charge < -0.3 is 23.5 Å². The standard InChI is InChI=1S/C34H39ClFN3O5/c1-4-41-33(40)26-17-25(26)31-20(2)37-30(39(31)18-23-12-15-42-23)19-38-13-10-21(11-14-38)24-6-5-7-29-32(24)44-34(3,43-29)27-9-8-22(35)16-28(27)36/h5-9,16,21,23,25-26H,4,10-15,17-19H2,1-3H3. The molecule has 3 fully saturated rings. The zero-order chi connectivity index (χ0) is 30.6. The molecule has 0 spiro atoms. The average Bonchev–Trinajstić information content (AvgIpc) is 3.58. The van der Waals surface area contributed by atoms with Crippen molar-refractivity contribution in [2.45, 2.75) is 83.3 Å². The minimum Gasteiger partial charge on any atom is -0.466 e. The lowest BCUT2D eigenvalue weighted by atomic mass is 9.88. The normalized spacial score (nSPS) is 26.4. The van der Waals surface area contributed by atoms with Crippen LogP contribution in [0.2, 0.25) is 5.02 Å². The van der Waals surface area contributed by atoms with E-state index in [2.05, 4.69) is 22.5 Å². The molecule has 4 heterocycles. The number of carbonyl (C=O) groups is 1. The second-order valence-electron chi connectivity index (χ2n) is 12.6. The highest BCUT2D eigenvalue weighted by molar-refractivity contribution is 6.30. The molecule has 8 nitrogen and oxygen atoms in total. The number of piperidine rings is 1. The van der Waals surface area contributed by atoms with Crippen LogP contribution < -0.4 is 9.47 Å². The van der Waals surface area contributed by atoms with Gasteiger partial charge >= 0.3 is 5.97 Å². The number of carbonyl (C=O) groups excluding carboxylic acids is 1. The predicted octanol–water partition coefficient (Wildman–Crippen LogP) is 6.46. The van der Waals surface area contributed by atoms with E-state index in [1.165, 1.54) is 11.8 Å². The van der Waals surface area contributed by atoms with Gasteiger partial charge in [-0.1, -0.05) is 23.7 Å². The number of aromatic nitrogens is 2. The molecular weight excluding hydrogens is 585 g/mol. The molecule has 2 aromatic carbocycles. The molecule has 44 heavy (non-hydrogen) atoms. The number of benzene rings is 2. The summed E-state index contributed by atoms with van der Waals surface area (Å²) in [5.74, 6) is 0.917. The third kappa shape index (κ3) is 5.48. The van der Waals surface area contributed by atoms with Crippen LogP contribution in [0, 0.1) is 18.7 Å². The summed E-state index contributed by atoms with van der Waals surface area (Å²) in [4.78, 5) is 20.0. The van der Waals surface area contributed by atoms with Crippen molar-refractivity contribution in [1.29, 1.82) is 0 Å². The molecular formula is C34H39ClFN3O5. The summed E-state index contributed by atoms with van der Waals surface area (Å²) >= 11 is 5.99. The number of fused-ring (bicyclic) bond motifs is 1. The summed E-state index contributed by atoms with van der Waals surface area (Å²) in [5.41, 5.74) is 3.58. The Morgan fingerprint density at radius 2 is 1.98 bits per heavy atom. The number of esters is 1. The fourth-order valence-corrected chi connectivity index (χ4v) is 7.28. The molecule has 1 aromatic heterocycles. The van der Waals surface area contributed by atoms with Gasteiger partial charge in [0.25, 0.3) is 5.79 Å². The summed E-state index contributed by atoms with van der Waals surface area (Å²) in [6.45, 7) is 10.2. The number of halogens is 2. The third-order valence-electron chi connectivity index (χ3n) is 9.60. The van der Waals surface area contributed by atoms with Crippen LogP contribution in [-0.4, -0.2) is 52.8 Å². The van der Waals surface area contributed by atoms with Gasteiger partial charge in [-0.15, -0.1) is 0 Å². The summed E-state index contributed by atoms with van der Waals surface area (Å²) in [7, 11) is 0. The number of rotatable bonds is 9. The minimum absolute atomic E-state index is 0.0770. The smallest absolute Gasteiger partial charge is 0.309 e. The van der Waals surface area contributed by atoms with Crippen LogP contribution in [0.3, 0.4) is 0 Å². The van der Waals surface area contributed by atoms with E-state index in [-0.39, 0.29) is 23.9 Å². The van der Waals surface area contributed by atoms with Crippen molar-refractivity contribution in [2.24, 2.45) is 5.92 Å². The van der Waals surface area contributed by atoms with Crippen LogP contribution in [0.5, 0.6) is 11.5 Å². The van der Waals surface area contributed by atoms with Crippen molar-refractivity contribution in [3.05, 3.63) is 75.6 Å². The third-order valence-corrected chi connectivity index (χ3v) is 9.84. The zero-order valence-corrected chi connectivity index (χ0v) is 26.2. The largest absolute Gasteiger partial charge is 0.466 e. The van der Waals surface area contributed by atoms with Crippen molar-refractivity contribution in [3.8, 4) is 11.5 Å². The molecule has 3 aliphatic heterocycles. The number of hydrogen-bond donors (Lipinski definition) is 0. The van der Waals surface area contributed by atoms with Gasteiger partial charge in [-0.2, -0.15) is 0 Å². The molecule has 3 aromatic rings. The summed E-state index contributed by atoms with van der Waals surface area (Å²) < 4.78 is 40.9. The Balaban J connectivity index is 1.05. The number of para-hydroxylation sites is 1. The van der Waals surface area contributed by atoms with Crippen LogP contribution in [0.15, 0.2) is 36.4 Å². The molecule has 4 atom stereocenters. The van der Waals surface area contributed by atoms with Crippen LogP contribution in [0.1, 0.15) is 79.7 Å². The van der Waals surface area contributed by atoms with Crippen molar-refractivity contribution in [1.82, 2.24) is 14.5 Å². The first-order valence-corrected chi connectivity index (χ1v) is 16.1. The highest BCUT2D eigenvalue weighted by Gasteiger charge is 2.48. The van der Waals surface area contributed by atoms with Gasteiger partial charge in [-0.05, 0) is 82.8 Å². The first-order chi connectivity index (χ1) is 21.2. The van der Waals surface area contributed by atoms with Crippen LogP contribution in [0.25, 0.3) is 0 Å². The highest BCUT2D eigenvalue weighted by Crippen LogP contribution is 2.51. The monoisotopic (exact) mass is 623 g/mol. The van der Waals surface area contributed by atoms with Crippen molar-refractivity contribution >= 4 is 17.6 Å². The second-order valence-corrected chi connectivity index (χ2v) is 13.0. The molecule has 2 saturated heterocycles. The molecule has 10 heteroatoms. The Labute approximate surface area is 262 Å². The Kier molecular flexibility index (Phi) is 7.83. The Hall–Kier alpha value is -3.14. The Bertz CT molecular complexity index is 1570. The number of hydrogen-bond acceptors (Lipinski definition) is 7. The van der Waals surface area contributed by atoms with Gasteiger partial charge in [0.1, 0.15) is 11.6 Å². The van der Waals surface area contributed by atoms with Gasteiger partial charge in [0.15, 0.2) is 11.5 Å². The molecule has 0 radical (unpaired) electrons. The van der Waals surface area contributed by atoms with Crippen LogP contribution in [-0.2, 0) is 33.1 Å². The van der Waals surface area contributed by atoms with E-state index in [9.17, 15) is 9.18 Å². The maximum Gasteiger partial charge on any atom is 0.309 e. The van der Waals surface area contributed by atoms with E-state index in [0.29, 0.717) is 34.6 Å². The number of imidazole rings is 1. The maximum absolute atomic E-state index is 14.8. The second kappa shape index (κ2) is 11.7. The predicted molar refractivity (Wildman–Crippen MR) is 163 cm³/mol. The molecule has 1 aliphatic carbocycles. The van der Waals surface area contributed by atoms with Gasteiger partial charge in [-0.3, -0.25) is 9.69 Å². The van der Waals surface area contributed by atoms with Crippen molar-refractivity contribution in [3.63, 3.8) is 0 Å². The van der Waals surface area contributed by atoms with Crippen LogP contribution in [0.4, 0.5) is 4.39 Å². The maximum atomic E-state index is 14.8. The minimum atomic E-state index is -1.27. The van der Waals surface area contributed by atoms with E-state index in [4.69, 9.17) is 35.5 Å². The van der Waals surface area contributed by atoms with Crippen molar-refractivity contribution < 1.29 is 28.1 Å².